The second kappa shape index (κ2) is 8.03. The molecule has 1 aliphatic carbocycles. The van der Waals surface area contributed by atoms with Crippen molar-refractivity contribution < 1.29 is 14.3 Å². The van der Waals surface area contributed by atoms with Gasteiger partial charge in [0.2, 0.25) is 0 Å². The number of hydrogen-bond donors (Lipinski definition) is 1. The highest BCUT2D eigenvalue weighted by atomic mass is 16.5. The van der Waals surface area contributed by atoms with E-state index in [1.807, 2.05) is 37.3 Å². The molecule has 4 rings (SSSR count). The van der Waals surface area contributed by atoms with Crippen molar-refractivity contribution in [2.45, 2.75) is 38.5 Å². The van der Waals surface area contributed by atoms with Crippen LogP contribution in [0, 0.1) is 0 Å². The molecule has 0 saturated heterocycles. The van der Waals surface area contributed by atoms with Crippen molar-refractivity contribution in [2.24, 2.45) is 0 Å². The number of nitrogens with zero attached hydrogens (tertiary/aromatic N) is 1. The first-order valence-electron chi connectivity index (χ1n) is 9.96. The Morgan fingerprint density at radius 2 is 1.90 bits per heavy atom. The number of carbonyl (C=O) groups is 2. The Morgan fingerprint density at radius 3 is 2.59 bits per heavy atom. The average Bonchev–Trinajstić information content (AvgIpc) is 2.74. The molecule has 0 saturated carbocycles. The van der Waals surface area contributed by atoms with E-state index in [2.05, 4.69) is 22.4 Å². The molecule has 0 unspecified atom stereocenters. The van der Waals surface area contributed by atoms with E-state index in [0.717, 1.165) is 28.9 Å². The molecule has 1 aromatic carbocycles. The van der Waals surface area contributed by atoms with Gasteiger partial charge in [0.15, 0.2) is 5.78 Å². The Labute approximate surface area is 170 Å². The van der Waals surface area contributed by atoms with Crippen LogP contribution in [0.1, 0.15) is 49.7 Å². The fourth-order valence-corrected chi connectivity index (χ4v) is 4.36. The standard InChI is InChI=1S/C24H24N2O3/c1-3-29-24(28)21-15(2)26-19-12-18(16-8-5-4-6-9-16)13-20(27)23(19)22(21)17-10-7-11-25-14-17/h4-11,14,18,22,26H,3,12-13H2,1-2H3/t18-,22-/m1/s1. The maximum absolute atomic E-state index is 13.3. The van der Waals surface area contributed by atoms with Crippen LogP contribution >= 0.6 is 0 Å². The maximum Gasteiger partial charge on any atom is 0.336 e. The summed E-state index contributed by atoms with van der Waals surface area (Å²) in [6.07, 6.45) is 4.57. The number of rotatable bonds is 4. The van der Waals surface area contributed by atoms with Crippen LogP contribution in [0.25, 0.3) is 0 Å². The van der Waals surface area contributed by atoms with Gasteiger partial charge in [0, 0.05) is 41.7 Å². The number of esters is 1. The van der Waals surface area contributed by atoms with E-state index in [1.54, 1.807) is 19.3 Å². The molecule has 2 atom stereocenters. The summed E-state index contributed by atoms with van der Waals surface area (Å²) in [5, 5.41) is 3.35. The van der Waals surface area contributed by atoms with E-state index < -0.39 is 11.9 Å². The summed E-state index contributed by atoms with van der Waals surface area (Å²) in [6, 6.07) is 13.9. The Balaban J connectivity index is 1.79. The fourth-order valence-electron chi connectivity index (χ4n) is 4.36. The van der Waals surface area contributed by atoms with Crippen LogP contribution in [0.2, 0.25) is 0 Å². The number of ketones is 1. The molecule has 0 fully saturated rings. The second-order valence-electron chi connectivity index (χ2n) is 7.43. The van der Waals surface area contributed by atoms with Gasteiger partial charge in [-0.1, -0.05) is 36.4 Å². The first-order chi connectivity index (χ1) is 14.1. The molecule has 2 aliphatic rings. The van der Waals surface area contributed by atoms with Gasteiger partial charge in [-0.3, -0.25) is 9.78 Å². The minimum absolute atomic E-state index is 0.0655. The first kappa shape index (κ1) is 19.1. The Morgan fingerprint density at radius 1 is 1.14 bits per heavy atom. The largest absolute Gasteiger partial charge is 0.463 e. The zero-order valence-corrected chi connectivity index (χ0v) is 16.6. The Kier molecular flexibility index (Phi) is 5.30. The molecule has 2 heterocycles. The van der Waals surface area contributed by atoms with Crippen molar-refractivity contribution in [1.82, 2.24) is 10.3 Å². The smallest absolute Gasteiger partial charge is 0.336 e. The highest BCUT2D eigenvalue weighted by Crippen LogP contribution is 2.45. The number of dihydropyridines is 1. The SMILES string of the molecule is CCOC(=O)C1=C(C)NC2=C(C(=O)C[C@H](c3ccccc3)C2)[C@@H]1c1cccnc1. The number of pyridine rings is 1. The number of hydrogen-bond acceptors (Lipinski definition) is 5. The van der Waals surface area contributed by atoms with Crippen molar-refractivity contribution in [3.05, 3.63) is 88.5 Å². The van der Waals surface area contributed by atoms with Crippen LogP contribution in [-0.2, 0) is 14.3 Å². The van der Waals surface area contributed by atoms with Crippen molar-refractivity contribution in [1.29, 1.82) is 0 Å². The number of nitrogens with one attached hydrogen (secondary N) is 1. The zero-order valence-electron chi connectivity index (χ0n) is 16.6. The predicted octanol–water partition coefficient (Wildman–Crippen LogP) is 4.01. The molecule has 1 aromatic heterocycles. The molecular formula is C24H24N2O3. The summed E-state index contributed by atoms with van der Waals surface area (Å²) in [5.74, 6) is -0.656. The lowest BCUT2D eigenvalue weighted by Crippen LogP contribution is -2.36. The Hall–Kier alpha value is -3.21. The van der Waals surface area contributed by atoms with E-state index in [-0.39, 0.29) is 18.3 Å². The van der Waals surface area contributed by atoms with Gasteiger partial charge in [-0.05, 0) is 43.4 Å². The minimum atomic E-state index is -0.455. The van der Waals surface area contributed by atoms with E-state index >= 15 is 0 Å². The van der Waals surface area contributed by atoms with Crippen molar-refractivity contribution >= 4 is 11.8 Å². The topological polar surface area (TPSA) is 68.3 Å². The van der Waals surface area contributed by atoms with E-state index in [9.17, 15) is 9.59 Å². The van der Waals surface area contributed by atoms with Crippen molar-refractivity contribution in [2.75, 3.05) is 6.61 Å². The monoisotopic (exact) mass is 388 g/mol. The number of Topliss-reactive ketones (excluding diaryl/α,β-unsaturated/α-hetero) is 1. The molecule has 0 spiro atoms. The second-order valence-corrected chi connectivity index (χ2v) is 7.43. The van der Waals surface area contributed by atoms with Crippen molar-refractivity contribution in [3.8, 4) is 0 Å². The van der Waals surface area contributed by atoms with Gasteiger partial charge in [-0.25, -0.2) is 4.79 Å². The number of allylic oxidation sites excluding steroid dienone is 3. The van der Waals surface area contributed by atoms with Gasteiger partial charge in [0.1, 0.15) is 0 Å². The van der Waals surface area contributed by atoms with Gasteiger partial charge < -0.3 is 10.1 Å². The quantitative estimate of drug-likeness (QED) is 0.802. The van der Waals surface area contributed by atoms with E-state index in [1.165, 1.54) is 0 Å². The molecule has 2 aromatic rings. The molecule has 29 heavy (non-hydrogen) atoms. The lowest BCUT2D eigenvalue weighted by molar-refractivity contribution is -0.138. The molecule has 0 bridgehead atoms. The number of carbonyl (C=O) groups excluding carboxylic acids is 2. The summed E-state index contributed by atoms with van der Waals surface area (Å²) >= 11 is 0. The van der Waals surface area contributed by atoms with Crippen LogP contribution in [-0.4, -0.2) is 23.3 Å². The third kappa shape index (κ3) is 3.60. The molecule has 0 radical (unpaired) electrons. The zero-order chi connectivity index (χ0) is 20.4. The van der Waals surface area contributed by atoms with Crippen LogP contribution in [0.15, 0.2) is 77.4 Å². The predicted molar refractivity (Wildman–Crippen MR) is 110 cm³/mol. The summed E-state index contributed by atoms with van der Waals surface area (Å²) in [6.45, 7) is 3.94. The number of aromatic nitrogens is 1. The number of benzene rings is 1. The lowest BCUT2D eigenvalue weighted by atomic mass is 9.72. The van der Waals surface area contributed by atoms with Gasteiger partial charge in [-0.15, -0.1) is 0 Å². The fraction of sp³-hybridized carbons (Fsp3) is 0.292. The minimum Gasteiger partial charge on any atom is -0.463 e. The molecule has 0 amide bonds. The van der Waals surface area contributed by atoms with Crippen LogP contribution < -0.4 is 5.32 Å². The van der Waals surface area contributed by atoms with Gasteiger partial charge in [0.05, 0.1) is 12.2 Å². The highest BCUT2D eigenvalue weighted by Gasteiger charge is 2.41. The average molecular weight is 388 g/mol. The van der Waals surface area contributed by atoms with Gasteiger partial charge >= 0.3 is 5.97 Å². The van der Waals surface area contributed by atoms with Crippen LogP contribution in [0.5, 0.6) is 0 Å². The first-order valence-corrected chi connectivity index (χ1v) is 9.96. The van der Waals surface area contributed by atoms with Gasteiger partial charge in [0.25, 0.3) is 0 Å². The Bertz CT molecular complexity index is 993. The van der Waals surface area contributed by atoms with Crippen molar-refractivity contribution in [3.63, 3.8) is 0 Å². The molecule has 1 aliphatic heterocycles. The molecule has 148 valence electrons. The van der Waals surface area contributed by atoms with Gasteiger partial charge in [-0.2, -0.15) is 0 Å². The summed E-state index contributed by atoms with van der Waals surface area (Å²) in [4.78, 5) is 30.3. The molecule has 5 heteroatoms. The summed E-state index contributed by atoms with van der Waals surface area (Å²) in [7, 11) is 0. The van der Waals surface area contributed by atoms with E-state index in [4.69, 9.17) is 4.74 Å². The normalized spacial score (nSPS) is 21.5. The molecular weight excluding hydrogens is 364 g/mol. The lowest BCUT2D eigenvalue weighted by Gasteiger charge is -2.36. The number of ether oxygens (including phenoxy) is 1. The maximum atomic E-state index is 13.3. The summed E-state index contributed by atoms with van der Waals surface area (Å²) < 4.78 is 5.32. The van der Waals surface area contributed by atoms with Crippen LogP contribution in [0.3, 0.4) is 0 Å². The summed E-state index contributed by atoms with van der Waals surface area (Å²) in [5.41, 5.74) is 4.77. The molecule has 1 N–H and O–H groups in total. The van der Waals surface area contributed by atoms with E-state index in [0.29, 0.717) is 17.6 Å². The third-order valence-electron chi connectivity index (χ3n) is 5.61. The third-order valence-corrected chi connectivity index (χ3v) is 5.61. The molecule has 5 nitrogen and oxygen atoms in total. The van der Waals surface area contributed by atoms with Crippen LogP contribution in [0.4, 0.5) is 0 Å². The highest BCUT2D eigenvalue weighted by molar-refractivity contribution is 6.04.